The minimum Gasteiger partial charge on any atom is -0.382 e. The number of hydrogen-bond acceptors (Lipinski definition) is 6. The molecule has 0 saturated heterocycles. The number of aromatic nitrogens is 3. The van der Waals surface area contributed by atoms with Crippen LogP contribution in [-0.2, 0) is 10.1 Å². The number of rotatable bonds is 2. The highest BCUT2D eigenvalue weighted by atomic mass is 32.2. The first-order valence-electron chi connectivity index (χ1n) is 5.55. The number of hydrogen-bond donors (Lipinski definition) is 3. The highest BCUT2D eigenvalue weighted by molar-refractivity contribution is 7.85. The molecule has 1 aromatic carbocycles. The van der Waals surface area contributed by atoms with E-state index >= 15 is 0 Å². The predicted molar refractivity (Wildman–Crippen MR) is 76.2 cm³/mol. The molecule has 104 valence electrons. The molecule has 0 bridgehead atoms. The van der Waals surface area contributed by atoms with Crippen molar-refractivity contribution in [1.82, 2.24) is 15.2 Å². The van der Waals surface area contributed by atoms with E-state index in [0.29, 0.717) is 26.6 Å². The molecule has 0 aliphatic heterocycles. The molecule has 0 saturated carbocycles. The van der Waals surface area contributed by atoms with Gasteiger partial charge >= 0.3 is 0 Å². The van der Waals surface area contributed by atoms with Gasteiger partial charge < -0.3 is 5.73 Å². The monoisotopic (exact) mass is 310 g/mol. The maximum Gasteiger partial charge on any atom is 0.294 e. The van der Waals surface area contributed by atoms with Gasteiger partial charge in [0.2, 0.25) is 0 Å². The zero-order valence-electron chi connectivity index (χ0n) is 10.3. The molecule has 3 rings (SSSR count). The highest BCUT2D eigenvalue weighted by Crippen LogP contribution is 2.35. The molecule has 20 heavy (non-hydrogen) atoms. The van der Waals surface area contributed by atoms with E-state index in [-0.39, 0.29) is 4.90 Å². The first kappa shape index (κ1) is 13.0. The predicted octanol–water partition coefficient (Wildman–Crippen LogP) is 1.82. The van der Waals surface area contributed by atoms with Crippen LogP contribution in [0.4, 0.5) is 5.82 Å². The Morgan fingerprint density at radius 2 is 2.15 bits per heavy atom. The molecule has 0 amide bonds. The van der Waals surface area contributed by atoms with Crippen molar-refractivity contribution in [2.24, 2.45) is 0 Å². The third-order valence-electron chi connectivity index (χ3n) is 2.85. The number of nitrogen functional groups attached to an aromatic ring is 1. The Kier molecular flexibility index (Phi) is 2.78. The van der Waals surface area contributed by atoms with Gasteiger partial charge in [-0.15, -0.1) is 11.3 Å². The lowest BCUT2D eigenvalue weighted by molar-refractivity contribution is 0.483. The second kappa shape index (κ2) is 4.27. The number of aryl methyl sites for hydroxylation is 1. The van der Waals surface area contributed by atoms with Crippen molar-refractivity contribution >= 4 is 37.5 Å². The second-order valence-corrected chi connectivity index (χ2v) is 6.68. The number of nitrogens with two attached hydrogens (primary N) is 1. The van der Waals surface area contributed by atoms with E-state index in [2.05, 4.69) is 15.2 Å². The van der Waals surface area contributed by atoms with Crippen LogP contribution in [0.5, 0.6) is 0 Å². The quantitative estimate of drug-likeness (QED) is 0.621. The van der Waals surface area contributed by atoms with Gasteiger partial charge in [-0.1, -0.05) is 0 Å². The van der Waals surface area contributed by atoms with E-state index in [1.54, 1.807) is 6.07 Å². The van der Waals surface area contributed by atoms with Crippen LogP contribution in [0, 0.1) is 6.92 Å². The van der Waals surface area contributed by atoms with Crippen molar-refractivity contribution in [2.45, 2.75) is 11.8 Å². The number of benzene rings is 1. The van der Waals surface area contributed by atoms with Crippen molar-refractivity contribution in [3.05, 3.63) is 23.9 Å². The number of aromatic amines is 1. The Bertz CT molecular complexity index is 892. The zero-order chi connectivity index (χ0) is 14.5. The highest BCUT2D eigenvalue weighted by Gasteiger charge is 2.16. The molecule has 0 fully saturated rings. The van der Waals surface area contributed by atoms with E-state index < -0.39 is 10.1 Å². The first-order valence-corrected chi connectivity index (χ1v) is 7.81. The summed E-state index contributed by atoms with van der Waals surface area (Å²) in [6.45, 7) is 1.83. The Hall–Kier alpha value is -1.97. The lowest BCUT2D eigenvalue weighted by Crippen LogP contribution is -1.96. The number of H-pyrrole nitrogens is 1. The summed E-state index contributed by atoms with van der Waals surface area (Å²) in [5, 5.41) is 7.32. The van der Waals surface area contributed by atoms with E-state index in [0.717, 1.165) is 5.69 Å². The molecule has 0 spiro atoms. The van der Waals surface area contributed by atoms with Crippen molar-refractivity contribution in [3.63, 3.8) is 0 Å². The topological polar surface area (TPSA) is 122 Å². The molecule has 0 radical (unpaired) electrons. The summed E-state index contributed by atoms with van der Waals surface area (Å²) in [7, 11) is -4.22. The largest absolute Gasteiger partial charge is 0.382 e. The average Bonchev–Trinajstić information content (AvgIpc) is 2.90. The number of thiazole rings is 1. The maximum absolute atomic E-state index is 11.1. The Morgan fingerprint density at radius 3 is 2.75 bits per heavy atom. The van der Waals surface area contributed by atoms with Crippen LogP contribution in [0.3, 0.4) is 0 Å². The molecule has 0 aliphatic rings. The smallest absolute Gasteiger partial charge is 0.294 e. The zero-order valence-corrected chi connectivity index (χ0v) is 11.9. The summed E-state index contributed by atoms with van der Waals surface area (Å²) in [6.07, 6.45) is 0. The van der Waals surface area contributed by atoms with Crippen LogP contribution < -0.4 is 5.73 Å². The fraction of sp³-hybridized carbons (Fsp3) is 0.0909. The molecular formula is C11H10N4O3S2. The van der Waals surface area contributed by atoms with Crippen molar-refractivity contribution < 1.29 is 13.0 Å². The summed E-state index contributed by atoms with van der Waals surface area (Å²) >= 11 is 1.29. The lowest BCUT2D eigenvalue weighted by Gasteiger charge is -1.94. The number of nitrogens with one attached hydrogen (secondary N) is 1. The fourth-order valence-corrected chi connectivity index (χ4v) is 3.59. The molecule has 3 aromatic rings. The SMILES string of the molecule is Cc1[nH]nc(N)c1-c1nc2ccc(S(=O)(=O)O)cc2s1. The van der Waals surface area contributed by atoms with Crippen LogP contribution in [0.15, 0.2) is 23.1 Å². The molecule has 2 heterocycles. The fourth-order valence-electron chi connectivity index (χ4n) is 1.89. The molecule has 0 unspecified atom stereocenters. The minimum atomic E-state index is -4.22. The van der Waals surface area contributed by atoms with Gasteiger partial charge in [0.25, 0.3) is 10.1 Å². The van der Waals surface area contributed by atoms with E-state index in [1.165, 1.54) is 23.5 Å². The lowest BCUT2D eigenvalue weighted by atomic mass is 10.2. The summed E-state index contributed by atoms with van der Waals surface area (Å²) in [6, 6.07) is 4.24. The number of nitrogens with zero attached hydrogens (tertiary/aromatic N) is 2. The Balaban J connectivity index is 2.22. The van der Waals surface area contributed by atoms with Gasteiger partial charge in [0.15, 0.2) is 5.82 Å². The molecule has 0 aliphatic carbocycles. The Morgan fingerprint density at radius 1 is 1.40 bits per heavy atom. The van der Waals surface area contributed by atoms with Gasteiger partial charge in [-0.2, -0.15) is 13.5 Å². The van der Waals surface area contributed by atoms with E-state index in [1.807, 2.05) is 6.92 Å². The van der Waals surface area contributed by atoms with Gasteiger partial charge in [0.1, 0.15) is 5.01 Å². The summed E-state index contributed by atoms with van der Waals surface area (Å²) < 4.78 is 31.9. The average molecular weight is 310 g/mol. The summed E-state index contributed by atoms with van der Waals surface area (Å²) in [4.78, 5) is 4.25. The molecule has 9 heteroatoms. The van der Waals surface area contributed by atoms with Crippen molar-refractivity contribution in [2.75, 3.05) is 5.73 Å². The minimum absolute atomic E-state index is 0.155. The Labute approximate surface area is 118 Å². The van der Waals surface area contributed by atoms with Gasteiger partial charge in [-0.3, -0.25) is 9.65 Å². The standard InChI is InChI=1S/C11H10N4O3S2/c1-5-9(10(12)15-14-5)11-13-7-3-2-6(20(16,17)18)4-8(7)19-11/h2-4H,1H3,(H3,12,14,15)(H,16,17,18). The normalized spacial score (nSPS) is 12.1. The van der Waals surface area contributed by atoms with Gasteiger partial charge in [0, 0.05) is 5.69 Å². The second-order valence-electron chi connectivity index (χ2n) is 4.23. The van der Waals surface area contributed by atoms with Crippen LogP contribution in [-0.4, -0.2) is 28.2 Å². The van der Waals surface area contributed by atoms with Crippen molar-refractivity contribution in [1.29, 1.82) is 0 Å². The van der Waals surface area contributed by atoms with E-state index in [9.17, 15) is 8.42 Å². The van der Waals surface area contributed by atoms with Gasteiger partial charge in [-0.05, 0) is 25.1 Å². The molecule has 4 N–H and O–H groups in total. The first-order chi connectivity index (χ1) is 9.36. The van der Waals surface area contributed by atoms with E-state index in [4.69, 9.17) is 10.3 Å². The maximum atomic E-state index is 11.1. The van der Waals surface area contributed by atoms with Crippen LogP contribution in [0.2, 0.25) is 0 Å². The number of fused-ring (bicyclic) bond motifs is 1. The van der Waals surface area contributed by atoms with Crippen LogP contribution in [0.25, 0.3) is 20.8 Å². The molecule has 0 atom stereocenters. The van der Waals surface area contributed by atoms with Crippen molar-refractivity contribution in [3.8, 4) is 10.6 Å². The third kappa shape index (κ3) is 2.05. The summed E-state index contributed by atoms with van der Waals surface area (Å²) in [5.41, 5.74) is 7.92. The van der Waals surface area contributed by atoms with Gasteiger partial charge in [0.05, 0.1) is 20.7 Å². The van der Waals surface area contributed by atoms with Crippen LogP contribution in [0.1, 0.15) is 5.69 Å². The van der Waals surface area contributed by atoms with Crippen LogP contribution >= 0.6 is 11.3 Å². The number of anilines is 1. The summed E-state index contributed by atoms with van der Waals surface area (Å²) in [5.74, 6) is 0.344. The third-order valence-corrected chi connectivity index (χ3v) is 4.73. The van der Waals surface area contributed by atoms with Gasteiger partial charge in [-0.25, -0.2) is 4.98 Å². The molecule has 2 aromatic heterocycles. The molecule has 7 nitrogen and oxygen atoms in total. The molecular weight excluding hydrogens is 300 g/mol.